The second-order valence-electron chi connectivity index (χ2n) is 12.1. The number of aromatic nitrogens is 2. The zero-order valence-corrected chi connectivity index (χ0v) is 28.6. The van der Waals surface area contributed by atoms with Gasteiger partial charge in [0.25, 0.3) is 0 Å². The summed E-state index contributed by atoms with van der Waals surface area (Å²) in [4.78, 5) is 40.3. The zero-order valence-electron chi connectivity index (χ0n) is 28.6. The average Bonchev–Trinajstić information content (AvgIpc) is 3.79. The van der Waals surface area contributed by atoms with Crippen LogP contribution in [-0.4, -0.2) is 38.7 Å². The molecule has 1 aliphatic rings. The number of ether oxygens (including phenoxy) is 2. The van der Waals surface area contributed by atoms with Crippen LogP contribution in [-0.2, 0) is 29.3 Å². The van der Waals surface area contributed by atoms with Crippen molar-refractivity contribution in [3.63, 3.8) is 0 Å². The van der Waals surface area contributed by atoms with E-state index in [1.165, 1.54) is 6.92 Å². The summed E-state index contributed by atoms with van der Waals surface area (Å²) in [6, 6.07) is 30.6. The van der Waals surface area contributed by atoms with Gasteiger partial charge in [0.1, 0.15) is 24.7 Å². The lowest BCUT2D eigenvalue weighted by Crippen LogP contribution is -2.35. The molecule has 0 saturated carbocycles. The number of hydrazone groups is 1. The van der Waals surface area contributed by atoms with Gasteiger partial charge in [-0.2, -0.15) is 5.10 Å². The highest BCUT2D eigenvalue weighted by molar-refractivity contribution is 6.15. The van der Waals surface area contributed by atoms with Crippen LogP contribution in [0.5, 0.6) is 11.5 Å². The second kappa shape index (κ2) is 15.4. The van der Waals surface area contributed by atoms with Gasteiger partial charge in [-0.15, -0.1) is 10.2 Å². The summed E-state index contributed by atoms with van der Waals surface area (Å²) in [7, 11) is 0. The number of nitrogens with zero attached hydrogens (tertiary/aromatic N) is 5. The van der Waals surface area contributed by atoms with E-state index in [1.807, 2.05) is 78.7 Å². The van der Waals surface area contributed by atoms with Crippen LogP contribution >= 0.6 is 0 Å². The van der Waals surface area contributed by atoms with E-state index in [0.29, 0.717) is 40.8 Å². The Hall–Kier alpha value is -6.52. The van der Waals surface area contributed by atoms with Gasteiger partial charge in [-0.3, -0.25) is 24.8 Å². The van der Waals surface area contributed by atoms with Crippen molar-refractivity contribution in [3.8, 4) is 11.5 Å². The van der Waals surface area contributed by atoms with Crippen molar-refractivity contribution in [1.82, 2.24) is 20.5 Å². The smallest absolute Gasteiger partial charge is 0.318 e. The highest BCUT2D eigenvalue weighted by atomic mass is 16.5. The van der Waals surface area contributed by atoms with Crippen LogP contribution in [0.4, 0.5) is 5.69 Å². The summed E-state index contributed by atoms with van der Waals surface area (Å²) in [5, 5.41) is 12.0. The van der Waals surface area contributed by atoms with E-state index >= 15 is 0 Å². The molecular formula is C39H36N6O6. The number of benzene rings is 4. The molecule has 0 spiro atoms. The third-order valence-electron chi connectivity index (χ3n) is 8.12. The molecule has 0 saturated heterocycles. The number of hydrogen-bond acceptors (Lipinski definition) is 11. The highest BCUT2D eigenvalue weighted by Crippen LogP contribution is 2.37. The fourth-order valence-electron chi connectivity index (χ4n) is 5.49. The van der Waals surface area contributed by atoms with Crippen molar-refractivity contribution < 1.29 is 28.3 Å². The molecule has 5 aromatic rings. The molecule has 258 valence electrons. The lowest BCUT2D eigenvalue weighted by molar-refractivity contribution is -0.126. The first kappa shape index (κ1) is 34.3. The monoisotopic (exact) mass is 684 g/mol. The van der Waals surface area contributed by atoms with E-state index in [9.17, 15) is 14.4 Å². The Bertz CT molecular complexity index is 2110. The molecular weight excluding hydrogens is 648 g/mol. The van der Waals surface area contributed by atoms with Crippen molar-refractivity contribution in [2.45, 2.75) is 53.4 Å². The van der Waals surface area contributed by atoms with E-state index in [-0.39, 0.29) is 36.7 Å². The molecule has 6 rings (SSSR count). The standard InChI is InChI=1S/C39H36N6O6/c1-25(2)32-19-33(35(50-24-30-13-9-6-10-14-30)20-34(32)49-23-29-11-7-5-8-12-29)37-42-41-36(22-46)45(37)31-17-15-28(16-18-31)21-44(27(4)47)39(48)38-43-40-26(3)51-38/h5-20,25,41H,21,23-24H2,1-4H3. The molecule has 1 N–H and O–H groups in total. The third-order valence-corrected chi connectivity index (χ3v) is 8.12. The summed E-state index contributed by atoms with van der Waals surface area (Å²) in [5.74, 6) is 2.46. The topological polar surface area (TPSA) is 139 Å². The molecule has 12 heteroatoms. The van der Waals surface area contributed by atoms with Gasteiger partial charge < -0.3 is 13.9 Å². The number of imide groups is 1. The first-order valence-electron chi connectivity index (χ1n) is 16.3. The number of hydrogen-bond donors (Lipinski definition) is 1. The molecule has 1 aromatic heterocycles. The lowest BCUT2D eigenvalue weighted by Gasteiger charge is -2.24. The Morgan fingerprint density at radius 1 is 0.863 bits per heavy atom. The molecule has 0 aliphatic carbocycles. The summed E-state index contributed by atoms with van der Waals surface area (Å²) in [6.07, 6.45) is 0. The number of anilines is 1. The van der Waals surface area contributed by atoms with Crippen molar-refractivity contribution >= 4 is 29.3 Å². The quantitative estimate of drug-likeness (QED) is 0.149. The molecule has 0 unspecified atom stereocenters. The molecule has 0 radical (unpaired) electrons. The number of carbonyl (C=O) groups excluding carboxylic acids is 3. The molecule has 0 fully saturated rings. The molecule has 4 aromatic carbocycles. The SMILES string of the molecule is CC(=O)N(Cc1ccc(N2C(=C=O)NN=C2c2cc(C(C)C)c(OCc3ccccc3)cc2OCc2ccccc2)cc1)C(=O)c1nnc(C)o1. The predicted octanol–water partition coefficient (Wildman–Crippen LogP) is 6.29. The number of aryl methyl sites for hydroxylation is 1. The highest BCUT2D eigenvalue weighted by Gasteiger charge is 2.31. The first-order chi connectivity index (χ1) is 24.7. The minimum absolute atomic E-state index is 0.0366. The van der Waals surface area contributed by atoms with Crippen LogP contribution in [0.2, 0.25) is 0 Å². The van der Waals surface area contributed by atoms with Gasteiger partial charge in [0.15, 0.2) is 11.8 Å². The Morgan fingerprint density at radius 3 is 2.04 bits per heavy atom. The zero-order chi connectivity index (χ0) is 35.9. The van der Waals surface area contributed by atoms with Crippen LogP contribution in [0.3, 0.4) is 0 Å². The molecule has 0 bridgehead atoms. The van der Waals surface area contributed by atoms with E-state index in [0.717, 1.165) is 21.6 Å². The largest absolute Gasteiger partial charge is 0.488 e. The van der Waals surface area contributed by atoms with Gasteiger partial charge in [-0.25, -0.2) is 4.79 Å². The molecule has 0 atom stereocenters. The van der Waals surface area contributed by atoms with Crippen molar-refractivity contribution in [1.29, 1.82) is 0 Å². The summed E-state index contributed by atoms with van der Waals surface area (Å²) in [6.45, 7) is 7.63. The van der Waals surface area contributed by atoms with E-state index in [2.05, 4.69) is 34.6 Å². The number of carbonyl (C=O) groups is 2. The van der Waals surface area contributed by atoms with Gasteiger partial charge in [0.05, 0.1) is 12.1 Å². The number of amides is 2. The van der Waals surface area contributed by atoms with Crippen LogP contribution < -0.4 is 19.8 Å². The summed E-state index contributed by atoms with van der Waals surface area (Å²) in [5.41, 5.74) is 7.61. The van der Waals surface area contributed by atoms with Crippen LogP contribution in [0.25, 0.3) is 0 Å². The number of amidine groups is 1. The van der Waals surface area contributed by atoms with Gasteiger partial charge in [0, 0.05) is 25.6 Å². The first-order valence-corrected chi connectivity index (χ1v) is 16.3. The molecule has 1 aliphatic heterocycles. The maximum Gasteiger partial charge on any atom is 0.318 e. The predicted molar refractivity (Wildman–Crippen MR) is 189 cm³/mol. The molecule has 2 heterocycles. The van der Waals surface area contributed by atoms with E-state index in [4.69, 9.17) is 13.9 Å². The third kappa shape index (κ3) is 7.87. The van der Waals surface area contributed by atoms with Crippen LogP contribution in [0.15, 0.2) is 112 Å². The minimum atomic E-state index is -0.698. The van der Waals surface area contributed by atoms with Crippen molar-refractivity contribution in [3.05, 3.63) is 142 Å². The number of rotatable bonds is 12. The number of nitrogens with one attached hydrogen (secondary N) is 1. The second-order valence-corrected chi connectivity index (χ2v) is 12.1. The average molecular weight is 685 g/mol. The van der Waals surface area contributed by atoms with Gasteiger partial charge >= 0.3 is 11.8 Å². The minimum Gasteiger partial charge on any atom is -0.488 e. The lowest BCUT2D eigenvalue weighted by atomic mass is 9.97. The van der Waals surface area contributed by atoms with Crippen molar-refractivity contribution in [2.75, 3.05) is 4.90 Å². The normalized spacial score (nSPS) is 12.3. The molecule has 2 amide bonds. The van der Waals surface area contributed by atoms with Crippen LogP contribution in [0.1, 0.15) is 71.1 Å². The van der Waals surface area contributed by atoms with E-state index < -0.39 is 11.8 Å². The molecule has 12 nitrogen and oxygen atoms in total. The summed E-state index contributed by atoms with van der Waals surface area (Å²) < 4.78 is 18.1. The Kier molecular flexibility index (Phi) is 10.3. The maximum absolute atomic E-state index is 13.0. The van der Waals surface area contributed by atoms with Gasteiger partial charge in [-0.05, 0) is 46.4 Å². The van der Waals surface area contributed by atoms with Gasteiger partial charge in [-0.1, -0.05) is 86.6 Å². The van der Waals surface area contributed by atoms with Crippen LogP contribution in [0, 0.1) is 6.92 Å². The Morgan fingerprint density at radius 2 is 1.49 bits per heavy atom. The summed E-state index contributed by atoms with van der Waals surface area (Å²) >= 11 is 0. The Labute approximate surface area is 295 Å². The fourth-order valence-corrected chi connectivity index (χ4v) is 5.49. The maximum atomic E-state index is 13.0. The fraction of sp³-hybridized carbons (Fsp3) is 0.205. The van der Waals surface area contributed by atoms with E-state index in [1.54, 1.807) is 36.1 Å². The van der Waals surface area contributed by atoms with Gasteiger partial charge in [0.2, 0.25) is 17.6 Å². The molecule has 51 heavy (non-hydrogen) atoms. The Balaban J connectivity index is 1.33. The van der Waals surface area contributed by atoms with Crippen molar-refractivity contribution in [2.24, 2.45) is 5.10 Å².